The number of nitrogens with zero attached hydrogens (tertiary/aromatic N) is 5. The summed E-state index contributed by atoms with van der Waals surface area (Å²) in [7, 11) is 1.52. The molecule has 0 bridgehead atoms. The van der Waals surface area contributed by atoms with Crippen LogP contribution in [-0.2, 0) is 21.4 Å². The van der Waals surface area contributed by atoms with Crippen molar-refractivity contribution < 1.29 is 9.59 Å². The lowest BCUT2D eigenvalue weighted by molar-refractivity contribution is -0.130. The number of likely N-dealkylation sites (N-methyl/N-ethyl adjacent to an activating group) is 1. The molecular formula is C30H25N7O2. The topological polar surface area (TPSA) is 136 Å². The number of hydrogen-bond donors (Lipinski definition) is 2. The number of benzene rings is 3. The van der Waals surface area contributed by atoms with E-state index in [0.29, 0.717) is 35.2 Å². The maximum Gasteiger partial charge on any atom is 0.242 e. The van der Waals surface area contributed by atoms with Gasteiger partial charge in [0, 0.05) is 13.5 Å². The molecule has 1 unspecified atom stereocenters. The van der Waals surface area contributed by atoms with Gasteiger partial charge in [0.1, 0.15) is 6.04 Å². The quantitative estimate of drug-likeness (QED) is 0.370. The van der Waals surface area contributed by atoms with Crippen LogP contribution in [0.1, 0.15) is 35.2 Å². The van der Waals surface area contributed by atoms with E-state index in [2.05, 4.69) is 33.1 Å². The van der Waals surface area contributed by atoms with Crippen LogP contribution in [0, 0.1) is 22.7 Å². The van der Waals surface area contributed by atoms with E-state index in [1.807, 2.05) is 42.5 Å². The van der Waals surface area contributed by atoms with Gasteiger partial charge in [-0.05, 0) is 59.9 Å². The lowest BCUT2D eigenvalue weighted by Crippen LogP contribution is -2.50. The van der Waals surface area contributed by atoms with Crippen molar-refractivity contribution in [2.45, 2.75) is 30.7 Å². The molecule has 2 amide bonds. The molecule has 0 radical (unpaired) electrons. The fraction of sp³-hybridized carbons (Fsp3) is 0.200. The van der Waals surface area contributed by atoms with Crippen molar-refractivity contribution in [2.75, 3.05) is 7.05 Å². The first-order chi connectivity index (χ1) is 19.0. The smallest absolute Gasteiger partial charge is 0.242 e. The Morgan fingerprint density at radius 2 is 1.64 bits per heavy atom. The van der Waals surface area contributed by atoms with Crippen LogP contribution in [0.15, 0.2) is 79.0 Å². The third-order valence-corrected chi connectivity index (χ3v) is 7.05. The highest BCUT2D eigenvalue weighted by Gasteiger charge is 2.53. The first-order valence-electron chi connectivity index (χ1n) is 12.5. The number of aromatic nitrogens is 3. The Bertz CT molecular complexity index is 1600. The summed E-state index contributed by atoms with van der Waals surface area (Å²) in [5.41, 5.74) is 4.29. The molecule has 9 nitrogen and oxygen atoms in total. The Kier molecular flexibility index (Phi) is 6.90. The van der Waals surface area contributed by atoms with Gasteiger partial charge in [0.05, 0.1) is 46.3 Å². The Labute approximate surface area is 225 Å². The first-order valence-corrected chi connectivity index (χ1v) is 12.5. The lowest BCUT2D eigenvalue weighted by Gasteiger charge is -2.22. The van der Waals surface area contributed by atoms with Crippen molar-refractivity contribution in [1.82, 2.24) is 25.6 Å². The van der Waals surface area contributed by atoms with E-state index in [-0.39, 0.29) is 18.2 Å². The Hall–Kier alpha value is -5.28. The second-order valence-electron chi connectivity index (χ2n) is 9.47. The minimum absolute atomic E-state index is 0.157. The van der Waals surface area contributed by atoms with Crippen LogP contribution in [0.2, 0.25) is 0 Å². The number of nitriles is 2. The molecule has 39 heavy (non-hydrogen) atoms. The molecule has 4 aromatic rings. The third kappa shape index (κ3) is 5.11. The average molecular weight is 516 g/mol. The van der Waals surface area contributed by atoms with E-state index in [0.717, 1.165) is 16.8 Å². The van der Waals surface area contributed by atoms with Crippen LogP contribution in [0.3, 0.4) is 0 Å². The molecule has 1 saturated carbocycles. The highest BCUT2D eigenvalue weighted by Crippen LogP contribution is 2.49. The van der Waals surface area contributed by atoms with Gasteiger partial charge in [0.25, 0.3) is 0 Å². The molecule has 5 rings (SSSR count). The predicted molar refractivity (Wildman–Crippen MR) is 143 cm³/mol. The summed E-state index contributed by atoms with van der Waals surface area (Å²) in [4.78, 5) is 26.1. The molecule has 1 aliphatic carbocycles. The minimum Gasteiger partial charge on any atom is -0.357 e. The van der Waals surface area contributed by atoms with Crippen molar-refractivity contribution >= 4 is 11.8 Å². The number of amides is 2. The minimum atomic E-state index is -0.849. The molecule has 0 saturated heterocycles. The number of rotatable bonds is 8. The zero-order valence-corrected chi connectivity index (χ0v) is 21.3. The van der Waals surface area contributed by atoms with E-state index < -0.39 is 11.5 Å². The summed E-state index contributed by atoms with van der Waals surface area (Å²) in [5.74, 6) is -0.612. The van der Waals surface area contributed by atoms with Crippen LogP contribution in [0.4, 0.5) is 0 Å². The van der Waals surface area contributed by atoms with Gasteiger partial charge in [0.2, 0.25) is 11.8 Å². The van der Waals surface area contributed by atoms with Crippen molar-refractivity contribution in [1.29, 1.82) is 10.5 Å². The molecule has 1 fully saturated rings. The molecule has 1 aliphatic rings. The van der Waals surface area contributed by atoms with Gasteiger partial charge in [-0.2, -0.15) is 10.5 Å². The highest BCUT2D eigenvalue weighted by molar-refractivity contribution is 5.95. The molecular weight excluding hydrogens is 490 g/mol. The number of hydrogen-bond acceptors (Lipinski definition) is 6. The molecule has 3 aromatic carbocycles. The average Bonchev–Trinajstić information content (AvgIpc) is 3.68. The summed E-state index contributed by atoms with van der Waals surface area (Å²) < 4.78 is 1.62. The summed E-state index contributed by atoms with van der Waals surface area (Å²) in [5, 5.41) is 32.4. The molecule has 2 N–H and O–H groups in total. The second kappa shape index (κ2) is 10.6. The summed E-state index contributed by atoms with van der Waals surface area (Å²) in [6, 6.07) is 25.6. The molecule has 1 heterocycles. The summed E-state index contributed by atoms with van der Waals surface area (Å²) in [6.45, 7) is 0. The zero-order chi connectivity index (χ0) is 27.4. The van der Waals surface area contributed by atoms with Gasteiger partial charge in [-0.15, -0.1) is 5.10 Å². The van der Waals surface area contributed by atoms with Gasteiger partial charge in [0.15, 0.2) is 0 Å². The molecule has 0 spiro atoms. The van der Waals surface area contributed by atoms with Crippen molar-refractivity contribution in [3.63, 3.8) is 0 Å². The van der Waals surface area contributed by atoms with E-state index in [1.54, 1.807) is 41.2 Å². The molecule has 1 atom stereocenters. The Morgan fingerprint density at radius 1 is 0.974 bits per heavy atom. The molecule has 0 aliphatic heterocycles. The van der Waals surface area contributed by atoms with Crippen LogP contribution >= 0.6 is 0 Å². The number of carbonyl (C=O) groups is 2. The van der Waals surface area contributed by atoms with Crippen LogP contribution in [-0.4, -0.2) is 39.9 Å². The lowest BCUT2D eigenvalue weighted by atomic mass is 9.90. The Balaban J connectivity index is 1.30. The van der Waals surface area contributed by atoms with Crippen LogP contribution in [0.5, 0.6) is 0 Å². The van der Waals surface area contributed by atoms with Crippen molar-refractivity contribution in [3.05, 3.63) is 101 Å². The fourth-order valence-corrected chi connectivity index (χ4v) is 4.69. The van der Waals surface area contributed by atoms with E-state index in [4.69, 9.17) is 5.26 Å². The maximum absolute atomic E-state index is 13.4. The summed E-state index contributed by atoms with van der Waals surface area (Å²) in [6.07, 6.45) is 3.13. The van der Waals surface area contributed by atoms with Crippen molar-refractivity contribution in [3.8, 4) is 29.0 Å². The molecule has 9 heteroatoms. The third-order valence-electron chi connectivity index (χ3n) is 7.05. The van der Waals surface area contributed by atoms with Gasteiger partial charge >= 0.3 is 0 Å². The Morgan fingerprint density at radius 3 is 2.26 bits per heavy atom. The van der Waals surface area contributed by atoms with Crippen LogP contribution in [0.25, 0.3) is 16.8 Å². The van der Waals surface area contributed by atoms with Gasteiger partial charge in [-0.3, -0.25) is 9.59 Å². The van der Waals surface area contributed by atoms with Gasteiger partial charge in [-0.25, -0.2) is 4.68 Å². The van der Waals surface area contributed by atoms with Gasteiger partial charge < -0.3 is 10.6 Å². The number of nitrogens with one attached hydrogen (secondary N) is 2. The monoisotopic (exact) mass is 515 g/mol. The predicted octanol–water partition coefficient (Wildman–Crippen LogP) is 3.18. The van der Waals surface area contributed by atoms with E-state index >= 15 is 0 Å². The van der Waals surface area contributed by atoms with E-state index in [9.17, 15) is 14.9 Å². The van der Waals surface area contributed by atoms with Crippen molar-refractivity contribution in [2.24, 2.45) is 0 Å². The fourth-order valence-electron chi connectivity index (χ4n) is 4.69. The molecule has 1 aromatic heterocycles. The SMILES string of the molecule is CNC(=O)C(Cc1cn(-c2ccc(-c3ccc(C#N)cc3)cc2)nn1)NC(=O)C1(c2ccccc2C#N)CC1. The number of carbonyl (C=O) groups excluding carboxylic acids is 2. The first kappa shape index (κ1) is 25.4. The molecule has 192 valence electrons. The highest BCUT2D eigenvalue weighted by atomic mass is 16.2. The van der Waals surface area contributed by atoms with Gasteiger partial charge in [-0.1, -0.05) is 47.7 Å². The van der Waals surface area contributed by atoms with Crippen LogP contribution < -0.4 is 10.6 Å². The normalized spacial score (nSPS) is 13.9. The standard InChI is InChI=1S/C30H25N7O2/c1-33-28(38)27(34-29(39)30(14-15-30)26-5-3-2-4-23(26)18-32)16-24-19-37(36-35-24)25-12-10-22(11-13-25)21-8-6-20(17-31)7-9-21/h2-13,19,27H,14-16H2,1H3,(H,33,38)(H,34,39). The van der Waals surface area contributed by atoms with E-state index in [1.165, 1.54) is 7.05 Å². The maximum atomic E-state index is 13.4. The second-order valence-corrected chi connectivity index (χ2v) is 9.47. The zero-order valence-electron chi connectivity index (χ0n) is 21.3. The largest absolute Gasteiger partial charge is 0.357 e. The summed E-state index contributed by atoms with van der Waals surface area (Å²) >= 11 is 0.